The van der Waals surface area contributed by atoms with E-state index in [1.54, 1.807) is 32.6 Å². The highest BCUT2D eigenvalue weighted by Gasteiger charge is 2.44. The normalized spacial score (nSPS) is 20.5. The van der Waals surface area contributed by atoms with Crippen molar-refractivity contribution >= 4 is 134 Å². The molecule has 3 aliphatic heterocycles. The van der Waals surface area contributed by atoms with Crippen molar-refractivity contribution in [3.8, 4) is 33.8 Å². The third kappa shape index (κ3) is 17.1. The van der Waals surface area contributed by atoms with Crippen LogP contribution in [0.2, 0.25) is 15.1 Å². The number of amides is 3. The predicted octanol–water partition coefficient (Wildman–Crippen LogP) is 11.4. The van der Waals surface area contributed by atoms with Gasteiger partial charge in [-0.25, -0.2) is 13.2 Å². The smallest absolute Gasteiger partial charge is 0.280 e. The molecule has 12 rings (SSSR count). The van der Waals surface area contributed by atoms with E-state index in [2.05, 4.69) is 45.4 Å². The number of benzene rings is 3. The number of anilines is 3. The quantitative estimate of drug-likeness (QED) is 0.0666. The molecule has 6 atom stereocenters. The molecule has 3 saturated heterocycles. The van der Waals surface area contributed by atoms with Crippen LogP contribution in [-0.2, 0) is 66.2 Å². The van der Waals surface area contributed by atoms with Crippen LogP contribution in [0.4, 0.5) is 30.2 Å². The van der Waals surface area contributed by atoms with Crippen LogP contribution in [0.3, 0.4) is 0 Å². The molecular formula is C60H69Cl3F3N15O9S6. The van der Waals surface area contributed by atoms with Crippen LogP contribution in [0.5, 0.6) is 0 Å². The lowest BCUT2D eigenvalue weighted by Gasteiger charge is -2.35. The van der Waals surface area contributed by atoms with Gasteiger partial charge in [-0.15, -0.1) is 34.0 Å². The zero-order valence-electron chi connectivity index (χ0n) is 49.6. The van der Waals surface area contributed by atoms with E-state index in [0.29, 0.717) is 0 Å². The summed E-state index contributed by atoms with van der Waals surface area (Å²) in [7, 11) is -2.15. The molecule has 9 heterocycles. The van der Waals surface area contributed by atoms with Crippen LogP contribution in [-0.4, -0.2) is 125 Å². The van der Waals surface area contributed by atoms with Gasteiger partial charge in [0.15, 0.2) is 0 Å². The highest BCUT2D eigenvalue weighted by Crippen LogP contribution is 2.39. The van der Waals surface area contributed by atoms with Gasteiger partial charge >= 0.3 is 0 Å². The van der Waals surface area contributed by atoms with Crippen LogP contribution >= 0.6 is 68.8 Å². The summed E-state index contributed by atoms with van der Waals surface area (Å²) in [4.78, 5) is 41.0. The van der Waals surface area contributed by atoms with E-state index in [1.165, 1.54) is 91.6 Å². The minimum Gasteiger partial charge on any atom is -0.325 e. The Bertz CT molecular complexity index is 4190. The molecule has 9 aromatic rings. The van der Waals surface area contributed by atoms with Gasteiger partial charge in [0.2, 0.25) is 17.7 Å². The number of hydrogen-bond donors (Lipinski definition) is 6. The monoisotopic (exact) mass is 1500 g/mol. The lowest BCUT2D eigenvalue weighted by molar-refractivity contribution is -0.120. The van der Waals surface area contributed by atoms with Crippen LogP contribution < -0.4 is 30.1 Å². The minimum absolute atomic E-state index is 0. The summed E-state index contributed by atoms with van der Waals surface area (Å²) in [6.07, 6.45) is 5.73. The van der Waals surface area contributed by atoms with Gasteiger partial charge in [-0.3, -0.25) is 28.4 Å². The molecule has 0 radical (unpaired) electrons. The second kappa shape index (κ2) is 31.3. The van der Waals surface area contributed by atoms with Gasteiger partial charge < -0.3 is 16.0 Å². The van der Waals surface area contributed by atoms with Crippen molar-refractivity contribution in [3.05, 3.63) is 173 Å². The first kappa shape index (κ1) is 76.4. The van der Waals surface area contributed by atoms with Gasteiger partial charge in [-0.1, -0.05) is 57.1 Å². The minimum atomic E-state index is -3.89. The summed E-state index contributed by atoms with van der Waals surface area (Å²) in [6.45, 7) is 0. The van der Waals surface area contributed by atoms with E-state index in [1.807, 2.05) is 73.7 Å². The largest absolute Gasteiger partial charge is 0.325 e. The standard InChI is InChI=1S/3C19H19ClFN5O3S2.3CH4/c3*1-25-16(5-6-22-25)11-7-18(30-10-11)15-9-17(26(2)31(28,29)24-15)19(27)23-12-3-4-14(21)13(20)8-12;;;/h3*3-8,10,15,17,24H,9H2,1-2H3,(H,23,27);3*1H4/t15-,17?;15-,17+;;;;/m01..../s1. The second-order valence-electron chi connectivity index (χ2n) is 21.4. The third-order valence-electron chi connectivity index (χ3n) is 15.4. The Hall–Kier alpha value is -6.93. The fraction of sp³-hybridized carbons (Fsp3) is 0.300. The van der Waals surface area contributed by atoms with Gasteiger partial charge in [0.1, 0.15) is 35.6 Å². The first-order valence-electron chi connectivity index (χ1n) is 27.7. The second-order valence-corrected chi connectivity index (χ2v) is 30.8. The third-order valence-corrected chi connectivity index (χ3v) is 24.2. The molecule has 0 bridgehead atoms. The predicted molar refractivity (Wildman–Crippen MR) is 373 cm³/mol. The Balaban J connectivity index is 0.000000200. The van der Waals surface area contributed by atoms with E-state index in [0.717, 1.165) is 79.5 Å². The average Bonchev–Trinajstić information content (AvgIpc) is 0.936. The maximum atomic E-state index is 13.4. The summed E-state index contributed by atoms with van der Waals surface area (Å²) in [6, 6.07) is 18.1. The molecule has 3 fully saturated rings. The molecular weight excluding hydrogens is 1430 g/mol. The first-order chi connectivity index (χ1) is 44.0. The number of nitrogens with zero attached hydrogens (tertiary/aromatic N) is 9. The van der Waals surface area contributed by atoms with Gasteiger partial charge in [-0.05, 0) is 110 Å². The SMILES string of the molecule is C.C.C.CN1C(C(=O)Nc2ccc(F)c(Cl)c2)CC(c2cc(-c3ccnn3C)cs2)NS1(=O)=O.CN1C(C(=O)Nc2ccc(F)c(Cl)c2)C[C@@H](c2cc(-c3ccnn3C)cs2)NS1(=O)=O.CN1[C@H](C(=O)Nc2ccc(F)c(Cl)c2)C[C@H](c2cc(-c3ccnn3C)cs2)NS1(=O)=O. The topological polar surface area (TPSA) is 289 Å². The Morgan fingerprint density at radius 2 is 0.688 bits per heavy atom. The number of likely N-dealkylation sites (N-methyl/N-ethyl adjacent to an activating group) is 3. The van der Waals surface area contributed by atoms with E-state index < -0.39 is 102 Å². The number of carbonyl (C=O) groups is 3. The van der Waals surface area contributed by atoms with E-state index in [4.69, 9.17) is 34.8 Å². The molecule has 3 amide bonds. The van der Waals surface area contributed by atoms with Gasteiger partial charge in [0.05, 0.1) is 50.3 Å². The molecule has 36 heteroatoms. The van der Waals surface area contributed by atoms with Gasteiger partial charge in [0, 0.05) is 125 Å². The van der Waals surface area contributed by atoms with E-state index in [-0.39, 0.29) is 73.7 Å². The van der Waals surface area contributed by atoms with Crippen LogP contribution in [0, 0.1) is 17.5 Å². The number of aryl methyl sites for hydroxylation is 3. The highest BCUT2D eigenvalue weighted by molar-refractivity contribution is 7.87. The summed E-state index contributed by atoms with van der Waals surface area (Å²) in [5.74, 6) is -3.40. The molecule has 0 aliphatic carbocycles. The lowest BCUT2D eigenvalue weighted by Crippen LogP contribution is -2.55. The number of hydrogen-bond acceptors (Lipinski definition) is 15. The Morgan fingerprint density at radius 1 is 0.438 bits per heavy atom. The highest BCUT2D eigenvalue weighted by atomic mass is 35.5. The van der Waals surface area contributed by atoms with Crippen molar-refractivity contribution < 1.29 is 52.8 Å². The fourth-order valence-electron chi connectivity index (χ4n) is 10.3. The van der Waals surface area contributed by atoms with Gasteiger partial charge in [-0.2, -0.15) is 67.6 Å². The number of aromatic nitrogens is 6. The van der Waals surface area contributed by atoms with Crippen molar-refractivity contribution in [1.29, 1.82) is 0 Å². The van der Waals surface area contributed by atoms with Crippen molar-refractivity contribution in [2.45, 2.75) is 77.8 Å². The summed E-state index contributed by atoms with van der Waals surface area (Å²) in [5, 5.41) is 25.7. The van der Waals surface area contributed by atoms with Crippen molar-refractivity contribution in [3.63, 3.8) is 0 Å². The molecule has 3 aliphatic rings. The molecule has 0 saturated carbocycles. The van der Waals surface area contributed by atoms with E-state index in [9.17, 15) is 52.8 Å². The first-order valence-corrected chi connectivity index (χ1v) is 35.8. The number of rotatable bonds is 12. The molecule has 516 valence electrons. The number of halogens is 6. The Kier molecular flexibility index (Phi) is 24.9. The number of carbonyl (C=O) groups excluding carboxylic acids is 3. The van der Waals surface area contributed by atoms with Gasteiger partial charge in [0.25, 0.3) is 30.6 Å². The number of nitrogens with one attached hydrogen (secondary N) is 6. The molecule has 0 spiro atoms. The molecule has 3 aromatic carbocycles. The lowest BCUT2D eigenvalue weighted by atomic mass is 10.0. The maximum absolute atomic E-state index is 13.4. The molecule has 96 heavy (non-hydrogen) atoms. The summed E-state index contributed by atoms with van der Waals surface area (Å²) >= 11 is 21.5. The van der Waals surface area contributed by atoms with Crippen LogP contribution in [0.15, 0.2) is 126 Å². The Labute approximate surface area is 581 Å². The van der Waals surface area contributed by atoms with Crippen LogP contribution in [0.1, 0.15) is 74.3 Å². The van der Waals surface area contributed by atoms with Crippen molar-refractivity contribution in [2.24, 2.45) is 21.1 Å². The molecule has 3 unspecified atom stereocenters. The Morgan fingerprint density at radius 3 is 0.906 bits per heavy atom. The van der Waals surface area contributed by atoms with E-state index >= 15 is 0 Å². The zero-order chi connectivity index (χ0) is 67.0. The summed E-state index contributed by atoms with van der Waals surface area (Å²) < 4.78 is 132. The number of thiophene rings is 3. The molecule has 24 nitrogen and oxygen atoms in total. The molecule has 6 aromatic heterocycles. The zero-order valence-corrected chi connectivity index (χ0v) is 56.8. The molecule has 6 N–H and O–H groups in total. The van der Waals surface area contributed by atoms with Crippen LogP contribution in [0.25, 0.3) is 33.8 Å². The summed E-state index contributed by atoms with van der Waals surface area (Å²) in [5.41, 5.74) is 6.31. The van der Waals surface area contributed by atoms with Crippen molar-refractivity contribution in [1.82, 2.24) is 56.4 Å². The van der Waals surface area contributed by atoms with Crippen molar-refractivity contribution in [2.75, 3.05) is 37.1 Å². The fourth-order valence-corrected chi connectivity index (χ4v) is 17.7. The average molecular weight is 1500 g/mol. The maximum Gasteiger partial charge on any atom is 0.280 e.